The molecule has 0 amide bonds. The molecular weight excluding hydrogens is 182 g/mol. The minimum Gasteiger partial charge on any atom is -0.107 e. The van der Waals surface area contributed by atoms with Crippen LogP contribution in [-0.2, 0) is 0 Å². The van der Waals surface area contributed by atoms with E-state index in [-0.39, 0.29) is 0 Å². The molecule has 3 rings (SSSR count). The largest absolute Gasteiger partial charge is 0.107 e. The van der Waals surface area contributed by atoms with Crippen LogP contribution in [0.15, 0.2) is 0 Å². The quantitative estimate of drug-likeness (QED) is 0.527. The number of rotatable bonds is 0. The normalized spacial score (nSPS) is 38.0. The molecule has 0 unspecified atom stereocenters. The zero-order valence-electron chi connectivity index (χ0n) is 7.97. The second kappa shape index (κ2) is 4.92. The Kier molecular flexibility index (Phi) is 3.86. The van der Waals surface area contributed by atoms with E-state index >= 15 is 0 Å². The van der Waals surface area contributed by atoms with Gasteiger partial charge in [-0.1, -0.05) is 0 Å². The molecule has 0 atom stereocenters. The molecule has 3 aliphatic rings. The van der Waals surface area contributed by atoms with Crippen LogP contribution in [0.2, 0.25) is 0 Å². The number of fused-ring (bicyclic) bond motifs is 7. The van der Waals surface area contributed by atoms with E-state index in [0.717, 1.165) is 0 Å². The summed E-state index contributed by atoms with van der Waals surface area (Å²) in [6, 6.07) is 0. The molecule has 0 aromatic carbocycles. The van der Waals surface area contributed by atoms with E-state index in [1.807, 2.05) is 0 Å². The maximum Gasteiger partial charge on any atom is -0.0323 e. The van der Waals surface area contributed by atoms with Gasteiger partial charge >= 0.3 is 0 Å². The zero-order chi connectivity index (χ0) is 8.23. The summed E-state index contributed by atoms with van der Waals surface area (Å²) in [6.45, 7) is 0. The Morgan fingerprint density at radius 1 is 0.417 bits per heavy atom. The Morgan fingerprint density at radius 2 is 0.750 bits per heavy atom. The summed E-state index contributed by atoms with van der Waals surface area (Å²) in [5.74, 6) is 0. The number of hydrogen-bond donors (Lipinski definition) is 0. The van der Waals surface area contributed by atoms with E-state index in [2.05, 4.69) is 0 Å². The molecule has 0 aromatic heterocycles. The van der Waals surface area contributed by atoms with E-state index in [0.29, 0.717) is 15.8 Å². The van der Waals surface area contributed by atoms with Crippen molar-refractivity contribution in [1.29, 1.82) is 0 Å². The van der Waals surface area contributed by atoms with Gasteiger partial charge in [-0.25, -0.2) is 0 Å². The first-order valence-corrected chi connectivity index (χ1v) is 9.19. The van der Waals surface area contributed by atoms with E-state index in [9.17, 15) is 0 Å². The van der Waals surface area contributed by atoms with Gasteiger partial charge in [0.1, 0.15) is 0 Å². The maximum atomic E-state index is 1.63. The molecule has 0 aliphatic carbocycles. The smallest absolute Gasteiger partial charge is 0.0323 e. The highest BCUT2D eigenvalue weighted by atomic mass is 31.1. The topological polar surface area (TPSA) is 0 Å². The van der Waals surface area contributed by atoms with Crippen LogP contribution in [0, 0.1) is 0 Å². The first-order chi connectivity index (χ1) is 5.95. The van der Waals surface area contributed by atoms with Crippen molar-refractivity contribution in [2.45, 2.75) is 25.7 Å². The van der Waals surface area contributed by atoms with Crippen LogP contribution < -0.4 is 0 Å². The van der Waals surface area contributed by atoms with Gasteiger partial charge in [-0.15, -0.1) is 15.8 Å². The van der Waals surface area contributed by atoms with E-state index in [4.69, 9.17) is 0 Å². The highest BCUT2D eigenvalue weighted by molar-refractivity contribution is 7.59. The van der Waals surface area contributed by atoms with Gasteiger partial charge in [-0.2, -0.15) is 0 Å². The Labute approximate surface area is 79.0 Å². The average molecular weight is 202 g/mol. The molecule has 12 heavy (non-hydrogen) atoms. The lowest BCUT2D eigenvalue weighted by Gasteiger charge is -2.22. The summed E-state index contributed by atoms with van der Waals surface area (Å²) in [4.78, 5) is 0. The standard InChI is InChI=1S/C10H20P2/c1-2-6-12-9-3-7-11(5-1)8-4-10-12/h1-10H2. The minimum atomic E-state index is 0.516. The first-order valence-electron chi connectivity index (χ1n) is 5.40. The molecule has 2 bridgehead atoms. The molecule has 0 radical (unpaired) electrons. The molecule has 70 valence electrons. The van der Waals surface area contributed by atoms with Crippen LogP contribution in [0.5, 0.6) is 0 Å². The Balaban J connectivity index is 1.96. The lowest BCUT2D eigenvalue weighted by Crippen LogP contribution is -2.02. The van der Waals surface area contributed by atoms with Crippen molar-refractivity contribution < 1.29 is 0 Å². The molecule has 0 nitrogen and oxygen atoms in total. The molecule has 3 saturated heterocycles. The highest BCUT2D eigenvalue weighted by Gasteiger charge is 2.17. The van der Waals surface area contributed by atoms with Crippen molar-refractivity contribution in [2.75, 3.05) is 37.0 Å². The average Bonchev–Trinajstić information content (AvgIpc) is 2.18. The van der Waals surface area contributed by atoms with E-state index in [1.165, 1.54) is 0 Å². The van der Waals surface area contributed by atoms with Gasteiger partial charge in [0.05, 0.1) is 0 Å². The summed E-state index contributed by atoms with van der Waals surface area (Å²) in [5.41, 5.74) is 0. The molecule has 0 N–H and O–H groups in total. The summed E-state index contributed by atoms with van der Waals surface area (Å²) in [7, 11) is 1.03. The molecule has 0 spiro atoms. The molecule has 0 aromatic rings. The second-order valence-corrected chi connectivity index (χ2v) is 9.46. The summed E-state index contributed by atoms with van der Waals surface area (Å²) < 4.78 is 0. The minimum absolute atomic E-state index is 0.516. The van der Waals surface area contributed by atoms with Crippen molar-refractivity contribution >= 4 is 15.8 Å². The monoisotopic (exact) mass is 202 g/mol. The fourth-order valence-corrected chi connectivity index (χ4v) is 7.98. The summed E-state index contributed by atoms with van der Waals surface area (Å²) >= 11 is 0. The van der Waals surface area contributed by atoms with Crippen LogP contribution in [0.4, 0.5) is 0 Å². The van der Waals surface area contributed by atoms with Crippen LogP contribution in [-0.4, -0.2) is 37.0 Å². The van der Waals surface area contributed by atoms with E-state index < -0.39 is 0 Å². The highest BCUT2D eigenvalue weighted by Crippen LogP contribution is 2.48. The number of hydrogen-bond acceptors (Lipinski definition) is 0. The SMILES string of the molecule is C1CCP2CCCP(C1)CCC2. The first kappa shape index (κ1) is 9.42. The Bertz CT molecular complexity index is 106. The second-order valence-electron chi connectivity index (χ2n) is 4.10. The lowest BCUT2D eigenvalue weighted by molar-refractivity contribution is 0.899. The molecule has 3 aliphatic heterocycles. The van der Waals surface area contributed by atoms with Gasteiger partial charge in [-0.05, 0) is 62.7 Å². The Morgan fingerprint density at radius 3 is 1.17 bits per heavy atom. The third-order valence-electron chi connectivity index (χ3n) is 3.10. The predicted molar refractivity (Wildman–Crippen MR) is 61.5 cm³/mol. The maximum absolute atomic E-state index is 1.63. The van der Waals surface area contributed by atoms with Crippen molar-refractivity contribution in [1.82, 2.24) is 0 Å². The van der Waals surface area contributed by atoms with Crippen LogP contribution >= 0.6 is 15.8 Å². The van der Waals surface area contributed by atoms with Gasteiger partial charge < -0.3 is 0 Å². The van der Waals surface area contributed by atoms with Gasteiger partial charge in [0, 0.05) is 0 Å². The van der Waals surface area contributed by atoms with Gasteiger partial charge in [0.25, 0.3) is 0 Å². The van der Waals surface area contributed by atoms with Gasteiger partial charge in [0.2, 0.25) is 0 Å². The van der Waals surface area contributed by atoms with Crippen LogP contribution in [0.3, 0.4) is 0 Å². The van der Waals surface area contributed by atoms with Crippen molar-refractivity contribution in [2.24, 2.45) is 0 Å². The fourth-order valence-electron chi connectivity index (χ4n) is 2.38. The van der Waals surface area contributed by atoms with Crippen LogP contribution in [0.25, 0.3) is 0 Å². The third kappa shape index (κ3) is 2.68. The van der Waals surface area contributed by atoms with Crippen molar-refractivity contribution in [3.63, 3.8) is 0 Å². The summed E-state index contributed by atoms with van der Waals surface area (Å²) in [6.07, 6.45) is 16.1. The Hall–Kier alpha value is 0.860. The molecule has 3 heterocycles. The molecule has 0 saturated carbocycles. The summed E-state index contributed by atoms with van der Waals surface area (Å²) in [5, 5.41) is 0. The van der Waals surface area contributed by atoms with E-state index in [1.54, 1.807) is 62.7 Å². The molecular formula is C10H20P2. The van der Waals surface area contributed by atoms with Gasteiger partial charge in [0.15, 0.2) is 0 Å². The van der Waals surface area contributed by atoms with Crippen LogP contribution in [0.1, 0.15) is 25.7 Å². The molecule has 2 heteroatoms. The zero-order valence-corrected chi connectivity index (χ0v) is 9.75. The lowest BCUT2D eigenvalue weighted by atomic mass is 10.4. The molecule has 3 fully saturated rings. The third-order valence-corrected chi connectivity index (χ3v) is 8.79. The predicted octanol–water partition coefficient (Wildman–Crippen LogP) is 3.54. The fraction of sp³-hybridized carbons (Fsp3) is 1.00. The van der Waals surface area contributed by atoms with Gasteiger partial charge in [-0.3, -0.25) is 0 Å². The van der Waals surface area contributed by atoms with Crippen molar-refractivity contribution in [3.05, 3.63) is 0 Å². The van der Waals surface area contributed by atoms with Crippen molar-refractivity contribution in [3.8, 4) is 0 Å².